The normalized spacial score (nSPS) is 14.8. The van der Waals surface area contributed by atoms with Crippen molar-refractivity contribution in [3.63, 3.8) is 0 Å². The first-order valence-corrected chi connectivity index (χ1v) is 6.37. The molecule has 1 aliphatic rings. The summed E-state index contributed by atoms with van der Waals surface area (Å²) in [7, 11) is 0. The smallest absolute Gasteiger partial charge is 0.218 e. The highest BCUT2D eigenvalue weighted by molar-refractivity contribution is 7.80. The minimum Gasteiger partial charge on any atom is -0.393 e. The molecule has 1 aromatic rings. The van der Waals surface area contributed by atoms with Crippen molar-refractivity contribution in [2.24, 2.45) is 0 Å². The quantitative estimate of drug-likeness (QED) is 0.780. The summed E-state index contributed by atoms with van der Waals surface area (Å²) < 4.78 is 5.22. The third-order valence-corrected chi connectivity index (χ3v) is 2.50. The molecule has 0 radical (unpaired) electrons. The molecule has 0 atom stereocenters. The average Bonchev–Trinajstić information content (AvgIpc) is 2.43. The van der Waals surface area contributed by atoms with Gasteiger partial charge in [-0.2, -0.15) is 0 Å². The van der Waals surface area contributed by atoms with Crippen molar-refractivity contribution < 1.29 is 9.57 Å². The second-order valence-corrected chi connectivity index (χ2v) is 3.66. The highest BCUT2D eigenvalue weighted by atomic mass is 35.5. The van der Waals surface area contributed by atoms with Crippen LogP contribution in [-0.4, -0.2) is 36.4 Å². The van der Waals surface area contributed by atoms with Gasteiger partial charge in [0, 0.05) is 5.56 Å². The molecule has 0 amide bonds. The van der Waals surface area contributed by atoms with Gasteiger partial charge in [-0.25, -0.2) is 0 Å². The zero-order valence-electron chi connectivity index (χ0n) is 10.8. The number of nitrogens with zero attached hydrogens (tertiary/aromatic N) is 1. The standard InChI is InChI=1S/C11H13NO2S.C2H6.ClH/c15-11(10-4-2-1-3-5-10)14-12-6-8-13-9-7-12;1-2;/h1-5H,6-9H2;1-2H3;1H. The first-order valence-electron chi connectivity index (χ1n) is 5.96. The van der Waals surface area contributed by atoms with E-state index in [0.717, 1.165) is 18.7 Å². The van der Waals surface area contributed by atoms with Gasteiger partial charge in [-0.3, -0.25) is 0 Å². The molecule has 0 unspecified atom stereocenters. The zero-order valence-corrected chi connectivity index (χ0v) is 12.4. The Kier molecular flexibility index (Phi) is 9.87. The van der Waals surface area contributed by atoms with Crippen molar-refractivity contribution in [1.82, 2.24) is 5.06 Å². The van der Waals surface area contributed by atoms with Crippen molar-refractivity contribution in [1.29, 1.82) is 0 Å². The fourth-order valence-corrected chi connectivity index (χ4v) is 1.62. The van der Waals surface area contributed by atoms with E-state index in [1.165, 1.54) is 0 Å². The maximum atomic E-state index is 5.56. The van der Waals surface area contributed by atoms with Gasteiger partial charge in [0.25, 0.3) is 0 Å². The Labute approximate surface area is 120 Å². The lowest BCUT2D eigenvalue weighted by Crippen LogP contribution is -2.37. The molecule has 2 rings (SSSR count). The largest absolute Gasteiger partial charge is 0.393 e. The lowest BCUT2D eigenvalue weighted by atomic mass is 10.2. The van der Waals surface area contributed by atoms with Gasteiger partial charge in [-0.15, -0.1) is 17.5 Å². The Morgan fingerprint density at radius 3 is 2.28 bits per heavy atom. The molecule has 0 bridgehead atoms. The highest BCUT2D eigenvalue weighted by Gasteiger charge is 2.13. The van der Waals surface area contributed by atoms with Gasteiger partial charge in [-0.1, -0.05) is 44.2 Å². The van der Waals surface area contributed by atoms with E-state index in [-0.39, 0.29) is 12.4 Å². The molecular weight excluding hydrogens is 270 g/mol. The Bertz CT molecular complexity index is 329. The molecule has 5 heteroatoms. The number of benzene rings is 1. The molecule has 0 saturated carbocycles. The van der Waals surface area contributed by atoms with Crippen molar-refractivity contribution in [2.75, 3.05) is 26.3 Å². The molecule has 18 heavy (non-hydrogen) atoms. The summed E-state index contributed by atoms with van der Waals surface area (Å²) in [4.78, 5) is 5.56. The molecule has 0 N–H and O–H groups in total. The van der Waals surface area contributed by atoms with Crippen LogP contribution in [0.2, 0.25) is 0 Å². The molecule has 0 aromatic heterocycles. The predicted octanol–water partition coefficient (Wildman–Crippen LogP) is 3.07. The fraction of sp³-hybridized carbons (Fsp3) is 0.462. The summed E-state index contributed by atoms with van der Waals surface area (Å²) in [6.45, 7) is 6.95. The summed E-state index contributed by atoms with van der Waals surface area (Å²) in [5.74, 6) is 0. The van der Waals surface area contributed by atoms with E-state index in [2.05, 4.69) is 0 Å². The summed E-state index contributed by atoms with van der Waals surface area (Å²) in [6, 6.07) is 9.75. The molecule has 1 aromatic carbocycles. The number of thiocarbonyl (C=S) groups is 1. The molecular formula is C13H20ClNO2S. The number of hydroxylamine groups is 2. The summed E-state index contributed by atoms with van der Waals surface area (Å²) in [5, 5.41) is 2.37. The molecule has 1 fully saturated rings. The minimum absolute atomic E-state index is 0. The Morgan fingerprint density at radius 1 is 1.17 bits per heavy atom. The molecule has 1 heterocycles. The number of morpholine rings is 1. The van der Waals surface area contributed by atoms with Crippen LogP contribution in [0.25, 0.3) is 0 Å². The van der Waals surface area contributed by atoms with Crippen LogP contribution in [0.5, 0.6) is 0 Å². The van der Waals surface area contributed by atoms with Gasteiger partial charge in [-0.05, 0) is 12.2 Å². The lowest BCUT2D eigenvalue weighted by molar-refractivity contribution is -0.126. The SMILES string of the molecule is CC.Cl.S=C(ON1CCOCC1)c1ccccc1. The topological polar surface area (TPSA) is 21.7 Å². The van der Waals surface area contributed by atoms with Gasteiger partial charge in [0.05, 0.1) is 26.3 Å². The van der Waals surface area contributed by atoms with Crippen LogP contribution in [0.4, 0.5) is 0 Å². The second kappa shape index (κ2) is 10.3. The lowest BCUT2D eigenvalue weighted by Gasteiger charge is -2.26. The van der Waals surface area contributed by atoms with E-state index < -0.39 is 0 Å². The molecule has 1 aliphatic heterocycles. The van der Waals surface area contributed by atoms with Gasteiger partial charge in [0.2, 0.25) is 5.05 Å². The van der Waals surface area contributed by atoms with E-state index in [1.807, 2.05) is 49.2 Å². The molecule has 1 saturated heterocycles. The van der Waals surface area contributed by atoms with Crippen LogP contribution in [0.3, 0.4) is 0 Å². The molecule has 102 valence electrons. The summed E-state index contributed by atoms with van der Waals surface area (Å²) in [5.41, 5.74) is 0.944. The third-order valence-electron chi connectivity index (χ3n) is 2.19. The van der Waals surface area contributed by atoms with Crippen LogP contribution in [0.15, 0.2) is 30.3 Å². The Morgan fingerprint density at radius 2 is 1.72 bits per heavy atom. The third kappa shape index (κ3) is 5.78. The highest BCUT2D eigenvalue weighted by Crippen LogP contribution is 2.06. The number of hydrogen-bond acceptors (Lipinski definition) is 4. The predicted molar refractivity (Wildman–Crippen MR) is 80.2 cm³/mol. The fourth-order valence-electron chi connectivity index (χ4n) is 1.38. The molecule has 3 nitrogen and oxygen atoms in total. The maximum absolute atomic E-state index is 5.56. The van der Waals surface area contributed by atoms with Crippen LogP contribution >= 0.6 is 24.6 Å². The zero-order chi connectivity index (χ0) is 12.5. The van der Waals surface area contributed by atoms with Gasteiger partial charge < -0.3 is 9.57 Å². The van der Waals surface area contributed by atoms with E-state index in [0.29, 0.717) is 18.3 Å². The number of halogens is 1. The monoisotopic (exact) mass is 289 g/mol. The van der Waals surface area contributed by atoms with E-state index >= 15 is 0 Å². The van der Waals surface area contributed by atoms with E-state index in [1.54, 1.807) is 0 Å². The average molecular weight is 290 g/mol. The van der Waals surface area contributed by atoms with Gasteiger partial charge in [0.15, 0.2) is 0 Å². The van der Waals surface area contributed by atoms with Crippen molar-refractivity contribution in [2.45, 2.75) is 13.8 Å². The van der Waals surface area contributed by atoms with Crippen molar-refractivity contribution in [3.8, 4) is 0 Å². The molecule has 0 spiro atoms. The number of rotatable bonds is 2. The Balaban J connectivity index is 0.000000917. The Hall–Kier alpha value is -0.680. The second-order valence-electron chi connectivity index (χ2n) is 3.29. The first-order chi connectivity index (χ1) is 8.36. The van der Waals surface area contributed by atoms with Gasteiger partial charge >= 0.3 is 0 Å². The van der Waals surface area contributed by atoms with Crippen LogP contribution < -0.4 is 0 Å². The number of hydrogen-bond donors (Lipinski definition) is 0. The minimum atomic E-state index is 0. The van der Waals surface area contributed by atoms with E-state index in [9.17, 15) is 0 Å². The summed E-state index contributed by atoms with van der Waals surface area (Å²) in [6.07, 6.45) is 0. The van der Waals surface area contributed by atoms with Gasteiger partial charge in [0.1, 0.15) is 0 Å². The maximum Gasteiger partial charge on any atom is 0.218 e. The van der Waals surface area contributed by atoms with Crippen LogP contribution in [0, 0.1) is 0 Å². The van der Waals surface area contributed by atoms with Crippen LogP contribution in [-0.2, 0) is 9.57 Å². The first kappa shape index (κ1) is 17.3. The van der Waals surface area contributed by atoms with Crippen molar-refractivity contribution in [3.05, 3.63) is 35.9 Å². The number of ether oxygens (including phenoxy) is 1. The molecule has 0 aliphatic carbocycles. The van der Waals surface area contributed by atoms with Crippen molar-refractivity contribution >= 4 is 29.7 Å². The van der Waals surface area contributed by atoms with Crippen LogP contribution in [0.1, 0.15) is 19.4 Å². The summed E-state index contributed by atoms with van der Waals surface area (Å²) >= 11 is 5.20. The van der Waals surface area contributed by atoms with E-state index in [4.69, 9.17) is 21.8 Å².